The highest BCUT2D eigenvalue weighted by Crippen LogP contribution is 2.19. The maximum Gasteiger partial charge on any atom is 0.224 e. The average molecular weight is 305 g/mol. The van der Waals surface area contributed by atoms with Crippen LogP contribution in [0.15, 0.2) is 0 Å². The number of amides is 1. The second kappa shape index (κ2) is 6.77. The predicted octanol–water partition coefficient (Wildman–Crippen LogP) is 1.35. The molecule has 3 rings (SSSR count). The van der Waals surface area contributed by atoms with Crippen molar-refractivity contribution in [2.75, 3.05) is 13.1 Å². The number of aryl methyl sites for hydroxylation is 1. The smallest absolute Gasteiger partial charge is 0.224 e. The second-order valence-corrected chi connectivity index (χ2v) is 6.79. The van der Waals surface area contributed by atoms with Crippen molar-refractivity contribution in [3.63, 3.8) is 0 Å². The molecule has 2 aliphatic rings. The molecule has 3 heterocycles. The van der Waals surface area contributed by atoms with Crippen LogP contribution in [0.5, 0.6) is 0 Å². The summed E-state index contributed by atoms with van der Waals surface area (Å²) in [4.78, 5) is 14.8. The minimum Gasteiger partial charge on any atom is -0.349 e. The average Bonchev–Trinajstić information content (AvgIpc) is 2.96. The molecule has 1 N–H and O–H groups in total. The van der Waals surface area contributed by atoms with Gasteiger partial charge in [0.1, 0.15) is 5.82 Å². The van der Waals surface area contributed by atoms with Gasteiger partial charge >= 0.3 is 0 Å². The number of hydrogen-bond donors (Lipinski definition) is 1. The molecule has 6 nitrogen and oxygen atoms in total. The van der Waals surface area contributed by atoms with Gasteiger partial charge in [0, 0.05) is 25.6 Å². The first-order valence-electron chi connectivity index (χ1n) is 8.58. The monoisotopic (exact) mass is 305 g/mol. The van der Waals surface area contributed by atoms with Crippen molar-refractivity contribution in [3.05, 3.63) is 11.6 Å². The van der Waals surface area contributed by atoms with E-state index in [-0.39, 0.29) is 11.8 Å². The van der Waals surface area contributed by atoms with Gasteiger partial charge in [-0.25, -0.2) is 0 Å². The van der Waals surface area contributed by atoms with Gasteiger partial charge < -0.3 is 14.8 Å². The van der Waals surface area contributed by atoms with Crippen LogP contribution in [0, 0.1) is 5.92 Å². The van der Waals surface area contributed by atoms with Crippen LogP contribution in [0.1, 0.15) is 51.2 Å². The van der Waals surface area contributed by atoms with Gasteiger partial charge in [0.05, 0.1) is 12.5 Å². The molecular weight excluding hydrogens is 278 g/mol. The number of nitrogens with one attached hydrogen (secondary N) is 1. The molecule has 1 amide bonds. The van der Waals surface area contributed by atoms with Gasteiger partial charge in [0.2, 0.25) is 5.91 Å². The van der Waals surface area contributed by atoms with Crippen molar-refractivity contribution in [3.8, 4) is 0 Å². The fourth-order valence-corrected chi connectivity index (χ4v) is 3.50. The zero-order valence-electron chi connectivity index (χ0n) is 13.7. The summed E-state index contributed by atoms with van der Waals surface area (Å²) in [6.07, 6.45) is 5.48. The number of hydrogen-bond acceptors (Lipinski definition) is 4. The van der Waals surface area contributed by atoms with Crippen molar-refractivity contribution in [1.29, 1.82) is 0 Å². The van der Waals surface area contributed by atoms with E-state index in [1.165, 1.54) is 12.8 Å². The van der Waals surface area contributed by atoms with Crippen LogP contribution in [0.25, 0.3) is 0 Å². The Morgan fingerprint density at radius 3 is 2.95 bits per heavy atom. The topological polar surface area (TPSA) is 63.1 Å². The number of nitrogens with zero attached hydrogens (tertiary/aromatic N) is 4. The molecule has 1 aromatic heterocycles. The summed E-state index contributed by atoms with van der Waals surface area (Å²) < 4.78 is 2.17. The summed E-state index contributed by atoms with van der Waals surface area (Å²) in [5.41, 5.74) is 0. The molecule has 1 saturated heterocycles. The van der Waals surface area contributed by atoms with Crippen molar-refractivity contribution in [2.45, 2.75) is 65.1 Å². The summed E-state index contributed by atoms with van der Waals surface area (Å²) in [6.45, 7) is 7.87. The fraction of sp³-hybridized carbons (Fsp3) is 0.812. The van der Waals surface area contributed by atoms with E-state index in [0.29, 0.717) is 12.6 Å². The van der Waals surface area contributed by atoms with Crippen LogP contribution in [0.4, 0.5) is 0 Å². The number of rotatable bonds is 4. The summed E-state index contributed by atoms with van der Waals surface area (Å²) in [6, 6.07) is 0.513. The molecule has 0 spiro atoms. The van der Waals surface area contributed by atoms with E-state index in [0.717, 1.165) is 50.5 Å². The fourth-order valence-electron chi connectivity index (χ4n) is 3.50. The van der Waals surface area contributed by atoms with E-state index in [9.17, 15) is 4.79 Å². The third-order valence-corrected chi connectivity index (χ3v) is 4.91. The maximum atomic E-state index is 12.4. The van der Waals surface area contributed by atoms with Gasteiger partial charge in [-0.3, -0.25) is 4.79 Å². The second-order valence-electron chi connectivity index (χ2n) is 6.79. The lowest BCUT2D eigenvalue weighted by Crippen LogP contribution is -2.45. The Kier molecular flexibility index (Phi) is 4.76. The quantitative estimate of drug-likeness (QED) is 0.912. The first kappa shape index (κ1) is 15.5. The maximum absolute atomic E-state index is 12.4. The Balaban J connectivity index is 1.55. The van der Waals surface area contributed by atoms with Gasteiger partial charge in [-0.2, -0.15) is 0 Å². The molecule has 1 aromatic rings. The molecule has 0 bridgehead atoms. The zero-order valence-corrected chi connectivity index (χ0v) is 13.7. The van der Waals surface area contributed by atoms with E-state index >= 15 is 0 Å². The normalized spacial score (nSPS) is 22.6. The lowest BCUT2D eigenvalue weighted by atomic mass is 9.96. The van der Waals surface area contributed by atoms with Gasteiger partial charge in [0.25, 0.3) is 0 Å². The van der Waals surface area contributed by atoms with Gasteiger partial charge in [-0.05, 0) is 46.1 Å². The number of piperidine rings is 1. The molecule has 0 aromatic carbocycles. The van der Waals surface area contributed by atoms with Crippen molar-refractivity contribution >= 4 is 5.91 Å². The van der Waals surface area contributed by atoms with Gasteiger partial charge in [0.15, 0.2) is 5.82 Å². The number of carbonyl (C=O) groups excluding carboxylic acids is 1. The molecule has 0 saturated carbocycles. The number of likely N-dealkylation sites (tertiary alicyclic amines) is 1. The zero-order chi connectivity index (χ0) is 15.5. The Morgan fingerprint density at radius 2 is 2.14 bits per heavy atom. The summed E-state index contributed by atoms with van der Waals surface area (Å²) in [5, 5.41) is 11.6. The molecule has 22 heavy (non-hydrogen) atoms. The lowest BCUT2D eigenvalue weighted by Gasteiger charge is -2.34. The van der Waals surface area contributed by atoms with Crippen molar-refractivity contribution < 1.29 is 4.79 Å². The Hall–Kier alpha value is -1.43. The van der Waals surface area contributed by atoms with Crippen LogP contribution in [-0.4, -0.2) is 44.7 Å². The SMILES string of the molecule is CC(C)N1CCC[C@H](C(=O)NCc2nnc3n2CCCC3)C1. The van der Waals surface area contributed by atoms with Crippen LogP contribution in [0.2, 0.25) is 0 Å². The standard InChI is InChI=1S/C16H27N5O/c1-12(2)20-8-5-6-13(11-20)16(22)17-10-15-19-18-14-7-3-4-9-21(14)15/h12-13H,3-11H2,1-2H3,(H,17,22)/t13-/m0/s1. The van der Waals surface area contributed by atoms with E-state index in [1.54, 1.807) is 0 Å². The van der Waals surface area contributed by atoms with Crippen molar-refractivity contribution in [1.82, 2.24) is 25.0 Å². The molecule has 0 unspecified atom stereocenters. The number of fused-ring (bicyclic) bond motifs is 1. The van der Waals surface area contributed by atoms with E-state index in [1.807, 2.05) is 0 Å². The summed E-state index contributed by atoms with van der Waals surface area (Å²) in [5.74, 6) is 2.25. The summed E-state index contributed by atoms with van der Waals surface area (Å²) >= 11 is 0. The van der Waals surface area contributed by atoms with E-state index < -0.39 is 0 Å². The van der Waals surface area contributed by atoms with Crippen molar-refractivity contribution in [2.24, 2.45) is 5.92 Å². The Labute approximate surface area is 132 Å². The molecule has 0 aliphatic carbocycles. The summed E-state index contributed by atoms with van der Waals surface area (Å²) in [7, 11) is 0. The Morgan fingerprint density at radius 1 is 1.27 bits per heavy atom. The first-order chi connectivity index (χ1) is 10.6. The minimum absolute atomic E-state index is 0.111. The number of aromatic nitrogens is 3. The van der Waals surface area contributed by atoms with Crippen LogP contribution >= 0.6 is 0 Å². The highest BCUT2D eigenvalue weighted by Gasteiger charge is 2.27. The van der Waals surface area contributed by atoms with Gasteiger partial charge in [-0.15, -0.1) is 10.2 Å². The molecule has 122 valence electrons. The third-order valence-electron chi connectivity index (χ3n) is 4.91. The highest BCUT2D eigenvalue weighted by atomic mass is 16.1. The molecule has 6 heteroatoms. The minimum atomic E-state index is 0.111. The van der Waals surface area contributed by atoms with E-state index in [2.05, 4.69) is 38.8 Å². The molecule has 1 atom stereocenters. The number of carbonyl (C=O) groups is 1. The van der Waals surface area contributed by atoms with Crippen LogP contribution in [0.3, 0.4) is 0 Å². The first-order valence-corrected chi connectivity index (χ1v) is 8.58. The van der Waals surface area contributed by atoms with Crippen LogP contribution < -0.4 is 5.32 Å². The molecular formula is C16H27N5O. The predicted molar refractivity (Wildman–Crippen MR) is 84.2 cm³/mol. The third kappa shape index (κ3) is 3.32. The molecule has 2 aliphatic heterocycles. The largest absolute Gasteiger partial charge is 0.349 e. The van der Waals surface area contributed by atoms with Gasteiger partial charge in [-0.1, -0.05) is 0 Å². The lowest BCUT2D eigenvalue weighted by molar-refractivity contribution is -0.127. The Bertz CT molecular complexity index is 525. The highest BCUT2D eigenvalue weighted by molar-refractivity contribution is 5.78. The molecule has 1 fully saturated rings. The molecule has 0 radical (unpaired) electrons. The van der Waals surface area contributed by atoms with Crippen LogP contribution in [-0.2, 0) is 24.3 Å². The van der Waals surface area contributed by atoms with E-state index in [4.69, 9.17) is 0 Å².